The number of benzene rings is 2. The third-order valence-electron chi connectivity index (χ3n) is 6.04. The van der Waals surface area contributed by atoms with Crippen molar-refractivity contribution in [3.63, 3.8) is 0 Å². The molecule has 5 heteroatoms. The summed E-state index contributed by atoms with van der Waals surface area (Å²) in [6.45, 7) is 2.84. The van der Waals surface area contributed by atoms with Gasteiger partial charge in [-0.3, -0.25) is 9.88 Å². The Hall–Kier alpha value is -1.91. The van der Waals surface area contributed by atoms with Gasteiger partial charge in [-0.25, -0.2) is 0 Å². The van der Waals surface area contributed by atoms with Crippen LogP contribution in [0.15, 0.2) is 66.9 Å². The summed E-state index contributed by atoms with van der Waals surface area (Å²) in [5.74, 6) is 0. The summed E-state index contributed by atoms with van der Waals surface area (Å²) in [6.07, 6.45) is 3.64. The molecule has 0 aliphatic carbocycles. The Morgan fingerprint density at radius 1 is 0.966 bits per heavy atom. The van der Waals surface area contributed by atoms with Crippen molar-refractivity contribution in [2.24, 2.45) is 0 Å². The second-order valence-electron chi connectivity index (χ2n) is 7.88. The van der Waals surface area contributed by atoms with Crippen LogP contribution in [0.4, 0.5) is 0 Å². The molecule has 0 amide bonds. The minimum Gasteiger partial charge on any atom is -0.358 e. The van der Waals surface area contributed by atoms with Crippen LogP contribution >= 0.6 is 23.2 Å². The fraction of sp³-hybridized carbons (Fsp3) is 0.292. The molecular formula is C24H22Cl2N2O. The molecule has 2 aromatic carbocycles. The maximum atomic E-state index is 6.80. The maximum absolute atomic E-state index is 6.80. The third-order valence-corrected chi connectivity index (χ3v) is 6.48. The van der Waals surface area contributed by atoms with Crippen molar-refractivity contribution in [3.05, 3.63) is 99.3 Å². The zero-order valence-corrected chi connectivity index (χ0v) is 17.5. The lowest BCUT2D eigenvalue weighted by molar-refractivity contribution is -0.0979. The topological polar surface area (TPSA) is 25.4 Å². The zero-order valence-electron chi connectivity index (χ0n) is 16.0. The molecule has 29 heavy (non-hydrogen) atoms. The lowest BCUT2D eigenvalue weighted by Crippen LogP contribution is -2.42. The minimum absolute atomic E-state index is 0.134. The number of ether oxygens (including phenoxy) is 1. The highest BCUT2D eigenvalue weighted by molar-refractivity contribution is 6.34. The Bertz CT molecular complexity index is 996. The summed E-state index contributed by atoms with van der Waals surface area (Å²) in [7, 11) is 0. The molecule has 0 radical (unpaired) electrons. The molecule has 1 atom stereocenters. The van der Waals surface area contributed by atoms with E-state index in [-0.39, 0.29) is 11.7 Å². The smallest absolute Gasteiger partial charge is 0.109 e. The number of likely N-dealkylation sites (tertiary alicyclic amines) is 1. The molecule has 2 aliphatic rings. The summed E-state index contributed by atoms with van der Waals surface area (Å²) in [4.78, 5) is 6.93. The van der Waals surface area contributed by atoms with Crippen LogP contribution in [-0.2, 0) is 16.9 Å². The van der Waals surface area contributed by atoms with Crippen LogP contribution in [0.3, 0.4) is 0 Å². The summed E-state index contributed by atoms with van der Waals surface area (Å²) in [5.41, 5.74) is 4.41. The number of fused-ring (bicyclic) bond motifs is 2. The van der Waals surface area contributed by atoms with Crippen molar-refractivity contribution < 1.29 is 4.74 Å². The molecule has 148 valence electrons. The molecule has 0 bridgehead atoms. The fourth-order valence-corrected chi connectivity index (χ4v) is 5.19. The van der Waals surface area contributed by atoms with Crippen LogP contribution in [0.25, 0.3) is 0 Å². The summed E-state index contributed by atoms with van der Waals surface area (Å²) in [6, 6.07) is 20.4. The highest BCUT2D eigenvalue weighted by atomic mass is 35.5. The molecule has 3 nitrogen and oxygen atoms in total. The van der Waals surface area contributed by atoms with Gasteiger partial charge in [-0.2, -0.15) is 0 Å². The van der Waals surface area contributed by atoms with Gasteiger partial charge in [0, 0.05) is 35.9 Å². The van der Waals surface area contributed by atoms with E-state index in [1.165, 1.54) is 11.1 Å². The van der Waals surface area contributed by atoms with Crippen LogP contribution < -0.4 is 0 Å². The first-order valence-corrected chi connectivity index (χ1v) is 10.7. The van der Waals surface area contributed by atoms with Crippen LogP contribution in [0, 0.1) is 0 Å². The second-order valence-corrected chi connectivity index (χ2v) is 8.75. The highest BCUT2D eigenvalue weighted by Gasteiger charge is 2.47. The number of nitrogens with zero attached hydrogens (tertiary/aromatic N) is 2. The Labute approximate surface area is 181 Å². The SMILES string of the molecule is Clc1cc(Cl)cc(C2OC3(CCN(Cc4ccccn4)CC3)c3ccccc32)c1. The molecule has 3 aromatic rings. The minimum atomic E-state index is -0.253. The molecular weight excluding hydrogens is 403 g/mol. The number of piperidine rings is 1. The van der Waals surface area contributed by atoms with Crippen molar-refractivity contribution in [1.82, 2.24) is 9.88 Å². The van der Waals surface area contributed by atoms with E-state index >= 15 is 0 Å². The van der Waals surface area contributed by atoms with Crippen molar-refractivity contribution in [2.45, 2.75) is 31.1 Å². The highest BCUT2D eigenvalue weighted by Crippen LogP contribution is 2.51. The predicted octanol–water partition coefficient (Wildman–Crippen LogP) is 6.00. The quantitative estimate of drug-likeness (QED) is 0.515. The molecule has 5 rings (SSSR count). The Morgan fingerprint density at radius 3 is 2.41 bits per heavy atom. The standard InChI is InChI=1S/C24H22Cl2N2O/c25-18-13-17(14-19(26)15-18)23-21-6-1-2-7-22(21)24(29-23)8-11-28(12-9-24)16-20-5-3-4-10-27-20/h1-7,10,13-15,23H,8-9,11-12,16H2. The molecule has 1 aromatic heterocycles. The normalized spacial score (nSPS) is 20.7. The Kier molecular flexibility index (Phi) is 5.09. The maximum Gasteiger partial charge on any atom is 0.109 e. The first kappa shape index (κ1) is 19.1. The van der Waals surface area contributed by atoms with Gasteiger partial charge in [0.1, 0.15) is 6.10 Å². The predicted molar refractivity (Wildman–Crippen MR) is 116 cm³/mol. The number of aromatic nitrogens is 1. The van der Waals surface area contributed by atoms with Crippen molar-refractivity contribution in [3.8, 4) is 0 Å². The monoisotopic (exact) mass is 424 g/mol. The van der Waals surface area contributed by atoms with Crippen molar-refractivity contribution >= 4 is 23.2 Å². The van der Waals surface area contributed by atoms with Crippen LogP contribution in [0.1, 0.15) is 41.3 Å². The summed E-state index contributed by atoms with van der Waals surface area (Å²) < 4.78 is 6.80. The van der Waals surface area contributed by atoms with Gasteiger partial charge in [0.05, 0.1) is 11.3 Å². The Balaban J connectivity index is 1.40. The average molecular weight is 425 g/mol. The molecule has 2 aliphatic heterocycles. The molecule has 1 saturated heterocycles. The molecule has 0 N–H and O–H groups in total. The number of pyridine rings is 1. The van der Waals surface area contributed by atoms with Crippen LogP contribution in [0.2, 0.25) is 10.0 Å². The molecule has 1 spiro atoms. The van der Waals surface area contributed by atoms with E-state index in [4.69, 9.17) is 27.9 Å². The number of halogens is 2. The van der Waals surface area contributed by atoms with Crippen LogP contribution in [0.5, 0.6) is 0 Å². The van der Waals surface area contributed by atoms with E-state index in [0.717, 1.165) is 43.7 Å². The van der Waals surface area contributed by atoms with E-state index < -0.39 is 0 Å². The Morgan fingerprint density at radius 2 is 1.69 bits per heavy atom. The van der Waals surface area contributed by atoms with Crippen molar-refractivity contribution in [2.75, 3.05) is 13.1 Å². The van der Waals surface area contributed by atoms with Gasteiger partial charge in [-0.15, -0.1) is 0 Å². The van der Waals surface area contributed by atoms with E-state index in [0.29, 0.717) is 10.0 Å². The van der Waals surface area contributed by atoms with E-state index in [1.54, 1.807) is 6.07 Å². The van der Waals surface area contributed by atoms with Crippen LogP contribution in [-0.4, -0.2) is 23.0 Å². The van der Waals surface area contributed by atoms with E-state index in [1.807, 2.05) is 30.5 Å². The van der Waals surface area contributed by atoms with Gasteiger partial charge in [0.2, 0.25) is 0 Å². The zero-order chi connectivity index (χ0) is 19.8. The first-order valence-electron chi connectivity index (χ1n) is 9.98. The third kappa shape index (κ3) is 3.69. The molecule has 0 saturated carbocycles. The van der Waals surface area contributed by atoms with Gasteiger partial charge in [-0.05, 0) is 59.9 Å². The molecule has 1 fully saturated rings. The molecule has 3 heterocycles. The number of rotatable bonds is 3. The van der Waals surface area contributed by atoms with Gasteiger partial charge >= 0.3 is 0 Å². The fourth-order valence-electron chi connectivity index (χ4n) is 4.65. The lowest BCUT2D eigenvalue weighted by atomic mass is 9.83. The van der Waals surface area contributed by atoms with Gasteiger partial charge < -0.3 is 4.74 Å². The summed E-state index contributed by atoms with van der Waals surface area (Å²) in [5, 5.41) is 1.28. The number of hydrogen-bond acceptors (Lipinski definition) is 3. The van der Waals surface area contributed by atoms with Gasteiger partial charge in [-0.1, -0.05) is 53.5 Å². The summed E-state index contributed by atoms with van der Waals surface area (Å²) >= 11 is 12.6. The van der Waals surface area contributed by atoms with Gasteiger partial charge in [0.15, 0.2) is 0 Å². The molecule has 1 unspecified atom stereocenters. The average Bonchev–Trinajstić information content (AvgIpc) is 3.05. The largest absolute Gasteiger partial charge is 0.358 e. The van der Waals surface area contributed by atoms with E-state index in [2.05, 4.69) is 40.2 Å². The lowest BCUT2D eigenvalue weighted by Gasteiger charge is -2.39. The van der Waals surface area contributed by atoms with E-state index in [9.17, 15) is 0 Å². The number of hydrogen-bond donors (Lipinski definition) is 0. The van der Waals surface area contributed by atoms with Gasteiger partial charge in [0.25, 0.3) is 0 Å². The van der Waals surface area contributed by atoms with Crippen molar-refractivity contribution in [1.29, 1.82) is 0 Å². The first-order chi connectivity index (χ1) is 14.1. The second kappa shape index (κ2) is 7.73.